The van der Waals surface area contributed by atoms with Crippen LogP contribution in [0.5, 0.6) is 0 Å². The number of hydrogen-bond donors (Lipinski definition) is 1. The highest BCUT2D eigenvalue weighted by atomic mass is 16.2. The van der Waals surface area contributed by atoms with Crippen LogP contribution in [0.25, 0.3) is 11.0 Å². The average Bonchev–Trinajstić information content (AvgIpc) is 2.74. The van der Waals surface area contributed by atoms with Gasteiger partial charge in [-0.2, -0.15) is 5.10 Å². The summed E-state index contributed by atoms with van der Waals surface area (Å²) < 4.78 is 2.61. The lowest BCUT2D eigenvalue weighted by Crippen LogP contribution is -2.32. The molecule has 6 heteroatoms. The normalized spacial score (nSPS) is 11.1. The summed E-state index contributed by atoms with van der Waals surface area (Å²) in [6.45, 7) is 0. The van der Waals surface area contributed by atoms with Crippen molar-refractivity contribution in [1.29, 1.82) is 0 Å². The standard InChI is InChI=1S/C14H14N4O2/c1-17-13(19)11-10(8-9-6-4-3-5-7-9)16-18(2)12(11)15-14(17)20/h3-7H,8H2,1-2H3,(H,15,20). The Morgan fingerprint density at radius 3 is 2.55 bits per heavy atom. The van der Waals surface area contributed by atoms with Crippen LogP contribution in [0.4, 0.5) is 0 Å². The highest BCUT2D eigenvalue weighted by Crippen LogP contribution is 2.14. The Bertz CT molecular complexity index is 887. The highest BCUT2D eigenvalue weighted by Gasteiger charge is 2.15. The number of benzene rings is 1. The van der Waals surface area contributed by atoms with Gasteiger partial charge >= 0.3 is 5.69 Å². The van der Waals surface area contributed by atoms with Crippen LogP contribution in [0.2, 0.25) is 0 Å². The maximum Gasteiger partial charge on any atom is 0.329 e. The average molecular weight is 270 g/mol. The van der Waals surface area contributed by atoms with E-state index in [1.54, 1.807) is 7.05 Å². The first kappa shape index (κ1) is 12.4. The third-order valence-electron chi connectivity index (χ3n) is 3.38. The van der Waals surface area contributed by atoms with E-state index < -0.39 is 5.69 Å². The lowest BCUT2D eigenvalue weighted by Gasteiger charge is -1.99. The lowest BCUT2D eigenvalue weighted by atomic mass is 10.1. The van der Waals surface area contributed by atoms with Gasteiger partial charge in [-0.15, -0.1) is 0 Å². The molecule has 20 heavy (non-hydrogen) atoms. The zero-order valence-electron chi connectivity index (χ0n) is 11.3. The van der Waals surface area contributed by atoms with Gasteiger partial charge in [-0.05, 0) is 5.56 Å². The molecule has 2 aromatic heterocycles. The van der Waals surface area contributed by atoms with Gasteiger partial charge in [0.1, 0.15) is 11.0 Å². The smallest absolute Gasteiger partial charge is 0.291 e. The van der Waals surface area contributed by atoms with Gasteiger partial charge in [-0.1, -0.05) is 30.3 Å². The summed E-state index contributed by atoms with van der Waals surface area (Å²) in [6.07, 6.45) is 0.555. The zero-order chi connectivity index (χ0) is 14.3. The molecule has 2 heterocycles. The molecule has 6 nitrogen and oxygen atoms in total. The molecule has 0 aliphatic rings. The molecule has 0 unspecified atom stereocenters. The molecule has 1 N–H and O–H groups in total. The Labute approximate surface area is 114 Å². The minimum atomic E-state index is -0.434. The van der Waals surface area contributed by atoms with E-state index in [-0.39, 0.29) is 5.56 Å². The molecule has 1 aromatic carbocycles. The second kappa shape index (κ2) is 4.48. The first-order valence-corrected chi connectivity index (χ1v) is 6.26. The quantitative estimate of drug-likeness (QED) is 0.739. The summed E-state index contributed by atoms with van der Waals surface area (Å²) in [5.74, 6) is 0. The van der Waals surface area contributed by atoms with Crippen LogP contribution in [0.1, 0.15) is 11.3 Å². The fourth-order valence-corrected chi connectivity index (χ4v) is 2.31. The fourth-order valence-electron chi connectivity index (χ4n) is 2.31. The van der Waals surface area contributed by atoms with Gasteiger partial charge < -0.3 is 0 Å². The highest BCUT2D eigenvalue weighted by molar-refractivity contribution is 5.77. The molecule has 0 radical (unpaired) electrons. The summed E-state index contributed by atoms with van der Waals surface area (Å²) in [5.41, 5.74) is 1.45. The van der Waals surface area contributed by atoms with Crippen molar-refractivity contribution in [2.45, 2.75) is 6.42 Å². The Hall–Kier alpha value is -2.63. The summed E-state index contributed by atoms with van der Waals surface area (Å²) in [7, 11) is 3.17. The van der Waals surface area contributed by atoms with E-state index in [1.807, 2.05) is 30.3 Å². The van der Waals surface area contributed by atoms with E-state index >= 15 is 0 Å². The van der Waals surface area contributed by atoms with E-state index in [2.05, 4.69) is 10.1 Å². The third-order valence-corrected chi connectivity index (χ3v) is 3.38. The van der Waals surface area contributed by atoms with Crippen LogP contribution in [0.3, 0.4) is 0 Å². The Balaban J connectivity index is 2.25. The fraction of sp³-hybridized carbons (Fsp3) is 0.214. The molecule has 3 rings (SSSR count). The first-order chi connectivity index (χ1) is 9.58. The summed E-state index contributed by atoms with van der Waals surface area (Å²) >= 11 is 0. The number of aromatic nitrogens is 4. The van der Waals surface area contributed by atoms with Crippen molar-refractivity contribution in [3.8, 4) is 0 Å². The Morgan fingerprint density at radius 2 is 1.85 bits per heavy atom. The molecule has 102 valence electrons. The number of rotatable bonds is 2. The second-order valence-corrected chi connectivity index (χ2v) is 4.75. The molecule has 0 atom stereocenters. The van der Waals surface area contributed by atoms with E-state index in [1.165, 1.54) is 11.7 Å². The SMILES string of the molecule is Cn1c(=O)[nH]c2c(c(Cc3ccccc3)nn2C)c1=O. The van der Waals surface area contributed by atoms with Crippen LogP contribution in [0, 0.1) is 0 Å². The predicted molar refractivity (Wildman–Crippen MR) is 75.8 cm³/mol. The monoisotopic (exact) mass is 270 g/mol. The minimum absolute atomic E-state index is 0.317. The van der Waals surface area contributed by atoms with Crippen LogP contribution < -0.4 is 11.2 Å². The molecule has 0 aliphatic carbocycles. The molecule has 0 bridgehead atoms. The number of aromatic amines is 1. The molecule has 0 amide bonds. The molecule has 0 spiro atoms. The minimum Gasteiger partial charge on any atom is -0.291 e. The van der Waals surface area contributed by atoms with Gasteiger partial charge in [0.15, 0.2) is 0 Å². The van der Waals surface area contributed by atoms with Crippen molar-refractivity contribution >= 4 is 11.0 Å². The van der Waals surface area contributed by atoms with Gasteiger partial charge in [-0.3, -0.25) is 19.0 Å². The van der Waals surface area contributed by atoms with Crippen LogP contribution in [-0.4, -0.2) is 19.3 Å². The van der Waals surface area contributed by atoms with Crippen molar-refractivity contribution in [2.24, 2.45) is 14.1 Å². The van der Waals surface area contributed by atoms with Gasteiger partial charge in [0, 0.05) is 20.5 Å². The number of nitrogens with zero attached hydrogens (tertiary/aromatic N) is 3. The van der Waals surface area contributed by atoms with Gasteiger partial charge in [0.25, 0.3) is 5.56 Å². The maximum absolute atomic E-state index is 12.3. The predicted octanol–water partition coefficient (Wildman–Crippen LogP) is 0.551. The molecule has 0 saturated heterocycles. The van der Waals surface area contributed by atoms with E-state index in [4.69, 9.17) is 0 Å². The van der Waals surface area contributed by atoms with Crippen molar-refractivity contribution in [1.82, 2.24) is 19.3 Å². The number of fused-ring (bicyclic) bond motifs is 1. The Morgan fingerprint density at radius 1 is 1.15 bits per heavy atom. The van der Waals surface area contributed by atoms with Gasteiger partial charge in [0.05, 0.1) is 5.69 Å². The van der Waals surface area contributed by atoms with E-state index in [0.717, 1.165) is 10.1 Å². The zero-order valence-corrected chi connectivity index (χ0v) is 11.3. The van der Waals surface area contributed by atoms with Gasteiger partial charge in [0.2, 0.25) is 0 Å². The number of aryl methyl sites for hydroxylation is 1. The number of H-pyrrole nitrogens is 1. The van der Waals surface area contributed by atoms with Crippen molar-refractivity contribution < 1.29 is 0 Å². The number of nitrogens with one attached hydrogen (secondary N) is 1. The molecule has 3 aromatic rings. The van der Waals surface area contributed by atoms with E-state index in [9.17, 15) is 9.59 Å². The largest absolute Gasteiger partial charge is 0.329 e. The van der Waals surface area contributed by atoms with Crippen LogP contribution >= 0.6 is 0 Å². The summed E-state index contributed by atoms with van der Waals surface area (Å²) in [5, 5.41) is 4.83. The summed E-state index contributed by atoms with van der Waals surface area (Å²) in [4.78, 5) is 26.6. The first-order valence-electron chi connectivity index (χ1n) is 6.26. The van der Waals surface area contributed by atoms with Gasteiger partial charge in [-0.25, -0.2) is 4.79 Å². The third kappa shape index (κ3) is 1.85. The summed E-state index contributed by atoms with van der Waals surface area (Å²) in [6, 6.07) is 9.80. The maximum atomic E-state index is 12.3. The van der Waals surface area contributed by atoms with Crippen LogP contribution in [0.15, 0.2) is 39.9 Å². The Kier molecular flexibility index (Phi) is 2.78. The molecule has 0 saturated carbocycles. The molecule has 0 aliphatic heterocycles. The topological polar surface area (TPSA) is 72.7 Å². The van der Waals surface area contributed by atoms with Crippen molar-refractivity contribution in [2.75, 3.05) is 0 Å². The molecule has 0 fully saturated rings. The second-order valence-electron chi connectivity index (χ2n) is 4.75. The number of hydrogen-bond acceptors (Lipinski definition) is 3. The van der Waals surface area contributed by atoms with Crippen LogP contribution in [-0.2, 0) is 20.5 Å². The van der Waals surface area contributed by atoms with Crippen molar-refractivity contribution in [3.63, 3.8) is 0 Å². The van der Waals surface area contributed by atoms with E-state index in [0.29, 0.717) is 23.1 Å². The molecular weight excluding hydrogens is 256 g/mol. The molecular formula is C14H14N4O2. The van der Waals surface area contributed by atoms with Crippen molar-refractivity contribution in [3.05, 3.63) is 62.4 Å². The lowest BCUT2D eigenvalue weighted by molar-refractivity contribution is 0.750.